The lowest BCUT2D eigenvalue weighted by Gasteiger charge is -1.99. The molecule has 1 heterocycles. The molecule has 0 saturated carbocycles. The molecular weight excluding hydrogens is 220 g/mol. The topological polar surface area (TPSA) is 26.3 Å². The Balaban J connectivity index is 2.68. The molecule has 0 bridgehead atoms. The van der Waals surface area contributed by atoms with E-state index in [1.54, 1.807) is 0 Å². The average Bonchev–Trinajstić information content (AvgIpc) is 2.31. The number of hydrogen-bond donors (Lipinski definition) is 0. The fourth-order valence-electron chi connectivity index (χ4n) is 1.43. The average molecular weight is 227 g/mol. The van der Waals surface area contributed by atoms with Crippen molar-refractivity contribution >= 4 is 21.9 Å². The number of cyclic esters (lactones) is 1. The van der Waals surface area contributed by atoms with E-state index in [9.17, 15) is 4.79 Å². The summed E-state index contributed by atoms with van der Waals surface area (Å²) in [5.41, 5.74) is 2.69. The minimum Gasteiger partial charge on any atom is -0.457 e. The number of carbonyl (C=O) groups excluding carboxylic acids is 1. The standard InChI is InChI=1S/C9H7BrO2/c1-5-2-7(10)3-6-4-12-9(11)8(5)6/h2-3H,4H2,1H3. The summed E-state index contributed by atoms with van der Waals surface area (Å²) in [5, 5.41) is 0. The summed E-state index contributed by atoms with van der Waals surface area (Å²) in [6.45, 7) is 2.32. The molecule has 2 rings (SSSR count). The van der Waals surface area contributed by atoms with Crippen LogP contribution in [0, 0.1) is 6.92 Å². The van der Waals surface area contributed by atoms with Gasteiger partial charge in [0.25, 0.3) is 0 Å². The predicted molar refractivity (Wildman–Crippen MR) is 48.0 cm³/mol. The highest BCUT2D eigenvalue weighted by Crippen LogP contribution is 2.26. The zero-order valence-electron chi connectivity index (χ0n) is 6.56. The normalized spacial score (nSPS) is 14.3. The summed E-state index contributed by atoms with van der Waals surface area (Å²) in [7, 11) is 0. The second kappa shape index (κ2) is 2.59. The van der Waals surface area contributed by atoms with Gasteiger partial charge >= 0.3 is 5.97 Å². The van der Waals surface area contributed by atoms with E-state index in [1.165, 1.54) is 0 Å². The molecule has 1 aliphatic heterocycles. The fourth-order valence-corrected chi connectivity index (χ4v) is 2.05. The number of esters is 1. The van der Waals surface area contributed by atoms with Crippen LogP contribution in [0.15, 0.2) is 16.6 Å². The van der Waals surface area contributed by atoms with Crippen molar-refractivity contribution in [2.75, 3.05) is 0 Å². The van der Waals surface area contributed by atoms with Gasteiger partial charge in [0, 0.05) is 10.0 Å². The van der Waals surface area contributed by atoms with Gasteiger partial charge in [-0.1, -0.05) is 15.9 Å². The van der Waals surface area contributed by atoms with Crippen LogP contribution >= 0.6 is 15.9 Å². The van der Waals surface area contributed by atoms with Crippen molar-refractivity contribution in [2.45, 2.75) is 13.5 Å². The number of carbonyl (C=O) groups is 1. The third kappa shape index (κ3) is 1.05. The Morgan fingerprint density at radius 1 is 1.50 bits per heavy atom. The number of ether oxygens (including phenoxy) is 1. The Hall–Kier alpha value is -0.830. The minimum atomic E-state index is -0.199. The predicted octanol–water partition coefficient (Wildman–Crippen LogP) is 2.43. The van der Waals surface area contributed by atoms with Crippen molar-refractivity contribution in [1.29, 1.82) is 0 Å². The molecule has 0 radical (unpaired) electrons. The molecule has 1 aliphatic rings. The number of rotatable bonds is 0. The highest BCUT2D eigenvalue weighted by atomic mass is 79.9. The SMILES string of the molecule is Cc1cc(Br)cc2c1C(=O)OC2. The van der Waals surface area contributed by atoms with Crippen LogP contribution in [0.25, 0.3) is 0 Å². The van der Waals surface area contributed by atoms with E-state index in [0.29, 0.717) is 6.61 Å². The number of hydrogen-bond acceptors (Lipinski definition) is 2. The monoisotopic (exact) mass is 226 g/mol. The van der Waals surface area contributed by atoms with Crippen LogP contribution in [0.4, 0.5) is 0 Å². The molecule has 62 valence electrons. The summed E-state index contributed by atoms with van der Waals surface area (Å²) < 4.78 is 5.90. The Labute approximate surface area is 78.7 Å². The van der Waals surface area contributed by atoms with E-state index in [-0.39, 0.29) is 5.97 Å². The zero-order chi connectivity index (χ0) is 8.72. The number of benzene rings is 1. The van der Waals surface area contributed by atoms with Crippen LogP contribution in [-0.2, 0) is 11.3 Å². The Kier molecular flexibility index (Phi) is 1.68. The van der Waals surface area contributed by atoms with Gasteiger partial charge in [0.2, 0.25) is 0 Å². The maximum absolute atomic E-state index is 11.2. The van der Waals surface area contributed by atoms with Gasteiger partial charge in [-0.25, -0.2) is 4.79 Å². The van der Waals surface area contributed by atoms with Gasteiger partial charge in [-0.15, -0.1) is 0 Å². The first-order chi connectivity index (χ1) is 5.68. The van der Waals surface area contributed by atoms with Crippen molar-refractivity contribution < 1.29 is 9.53 Å². The quantitative estimate of drug-likeness (QED) is 0.636. The highest BCUT2D eigenvalue weighted by molar-refractivity contribution is 9.10. The van der Waals surface area contributed by atoms with E-state index in [1.807, 2.05) is 19.1 Å². The molecule has 0 amide bonds. The van der Waals surface area contributed by atoms with Crippen molar-refractivity contribution in [1.82, 2.24) is 0 Å². The van der Waals surface area contributed by atoms with Gasteiger partial charge in [0.05, 0.1) is 5.56 Å². The maximum atomic E-state index is 11.2. The largest absolute Gasteiger partial charge is 0.457 e. The van der Waals surface area contributed by atoms with Crippen molar-refractivity contribution in [3.05, 3.63) is 33.3 Å². The zero-order valence-corrected chi connectivity index (χ0v) is 8.14. The van der Waals surface area contributed by atoms with Crippen LogP contribution in [0.5, 0.6) is 0 Å². The minimum absolute atomic E-state index is 0.199. The van der Waals surface area contributed by atoms with Crippen molar-refractivity contribution in [3.8, 4) is 0 Å². The summed E-state index contributed by atoms with van der Waals surface area (Å²) in [5.74, 6) is -0.199. The van der Waals surface area contributed by atoms with E-state index in [4.69, 9.17) is 4.74 Å². The van der Waals surface area contributed by atoms with Crippen LogP contribution < -0.4 is 0 Å². The molecule has 12 heavy (non-hydrogen) atoms. The molecule has 0 saturated heterocycles. The van der Waals surface area contributed by atoms with Crippen LogP contribution in [0.3, 0.4) is 0 Å². The van der Waals surface area contributed by atoms with E-state index >= 15 is 0 Å². The molecule has 0 fully saturated rings. The van der Waals surface area contributed by atoms with Gasteiger partial charge in [-0.3, -0.25) is 0 Å². The molecule has 3 heteroatoms. The summed E-state index contributed by atoms with van der Waals surface area (Å²) in [4.78, 5) is 11.2. The molecule has 0 aliphatic carbocycles. The molecular formula is C9H7BrO2. The lowest BCUT2D eigenvalue weighted by atomic mass is 10.0. The summed E-state index contributed by atoms with van der Waals surface area (Å²) in [6, 6.07) is 3.85. The second-order valence-corrected chi connectivity index (χ2v) is 3.75. The summed E-state index contributed by atoms with van der Waals surface area (Å²) >= 11 is 3.37. The van der Waals surface area contributed by atoms with E-state index < -0.39 is 0 Å². The molecule has 0 aromatic heterocycles. The smallest absolute Gasteiger partial charge is 0.339 e. The number of aryl methyl sites for hydroxylation is 1. The molecule has 0 N–H and O–H groups in total. The Bertz CT molecular complexity index is 358. The first kappa shape index (κ1) is 7.80. The van der Waals surface area contributed by atoms with E-state index in [2.05, 4.69) is 15.9 Å². The van der Waals surface area contributed by atoms with E-state index in [0.717, 1.165) is 21.2 Å². The second-order valence-electron chi connectivity index (χ2n) is 2.83. The third-order valence-corrected chi connectivity index (χ3v) is 2.40. The lowest BCUT2D eigenvalue weighted by molar-refractivity contribution is 0.0534. The van der Waals surface area contributed by atoms with Gasteiger partial charge in [-0.2, -0.15) is 0 Å². The first-order valence-electron chi connectivity index (χ1n) is 3.64. The van der Waals surface area contributed by atoms with Gasteiger partial charge in [0.1, 0.15) is 6.61 Å². The van der Waals surface area contributed by atoms with Gasteiger partial charge in [-0.05, 0) is 24.6 Å². The first-order valence-corrected chi connectivity index (χ1v) is 4.44. The number of fused-ring (bicyclic) bond motifs is 1. The Morgan fingerprint density at radius 3 is 3.00 bits per heavy atom. The molecule has 1 aromatic rings. The molecule has 0 atom stereocenters. The van der Waals surface area contributed by atoms with Crippen LogP contribution in [0.2, 0.25) is 0 Å². The van der Waals surface area contributed by atoms with Gasteiger partial charge < -0.3 is 4.74 Å². The van der Waals surface area contributed by atoms with Crippen molar-refractivity contribution in [3.63, 3.8) is 0 Å². The Morgan fingerprint density at radius 2 is 2.25 bits per heavy atom. The van der Waals surface area contributed by atoms with Gasteiger partial charge in [0.15, 0.2) is 0 Å². The fraction of sp³-hybridized carbons (Fsp3) is 0.222. The van der Waals surface area contributed by atoms with Crippen LogP contribution in [-0.4, -0.2) is 5.97 Å². The number of halogens is 1. The molecule has 0 unspecified atom stereocenters. The molecule has 2 nitrogen and oxygen atoms in total. The highest BCUT2D eigenvalue weighted by Gasteiger charge is 2.23. The molecule has 0 spiro atoms. The van der Waals surface area contributed by atoms with Crippen LogP contribution in [0.1, 0.15) is 21.5 Å². The third-order valence-electron chi connectivity index (χ3n) is 1.94. The maximum Gasteiger partial charge on any atom is 0.339 e. The summed E-state index contributed by atoms with van der Waals surface area (Å²) in [6.07, 6.45) is 0. The molecule has 1 aromatic carbocycles. The lowest BCUT2D eigenvalue weighted by Crippen LogP contribution is -1.96. The van der Waals surface area contributed by atoms with Crippen molar-refractivity contribution in [2.24, 2.45) is 0 Å².